The molecule has 2 aliphatic rings. The smallest absolute Gasteiger partial charge is 0.00432 e. The Kier molecular flexibility index (Phi) is 2.59. The quantitative estimate of drug-likeness (QED) is 0.351. The van der Waals surface area contributed by atoms with Crippen LogP contribution in [0.15, 0.2) is 58.3 Å². The molecule has 3 aromatic rings. The molecule has 0 spiro atoms. The van der Waals surface area contributed by atoms with E-state index in [4.69, 9.17) is 0 Å². The molecule has 3 aromatic carbocycles. The van der Waals surface area contributed by atoms with Crippen LogP contribution in [0.2, 0.25) is 0 Å². The summed E-state index contributed by atoms with van der Waals surface area (Å²) in [5, 5.41) is 0. The first-order chi connectivity index (χ1) is 10.7. The van der Waals surface area contributed by atoms with Gasteiger partial charge in [-0.25, -0.2) is 0 Å². The van der Waals surface area contributed by atoms with Crippen molar-refractivity contribution >= 4 is 25.3 Å². The third-order valence-electron chi connectivity index (χ3n) is 4.85. The van der Waals surface area contributed by atoms with Crippen molar-refractivity contribution in [3.05, 3.63) is 70.8 Å². The molecule has 0 bridgehead atoms. The molecule has 0 atom stereocenters. The third-order valence-corrected chi connectivity index (χ3v) is 5.41. The lowest BCUT2D eigenvalue weighted by molar-refractivity contribution is 1.22. The Morgan fingerprint density at radius 1 is 0.500 bits per heavy atom. The Balaban J connectivity index is 1.70. The van der Waals surface area contributed by atoms with Gasteiger partial charge in [-0.15, -0.1) is 25.3 Å². The summed E-state index contributed by atoms with van der Waals surface area (Å²) in [4.78, 5) is 2.09. The van der Waals surface area contributed by atoms with Crippen molar-refractivity contribution in [2.45, 2.75) is 22.6 Å². The summed E-state index contributed by atoms with van der Waals surface area (Å²) in [6, 6.07) is 17.8. The molecule has 0 saturated carbocycles. The number of rotatable bonds is 0. The number of hydrogen-bond acceptors (Lipinski definition) is 2. The van der Waals surface area contributed by atoms with Gasteiger partial charge in [0.05, 0.1) is 0 Å². The van der Waals surface area contributed by atoms with E-state index in [0.717, 1.165) is 22.6 Å². The molecule has 0 amide bonds. The minimum absolute atomic E-state index is 1.02. The fourth-order valence-electron chi connectivity index (χ4n) is 3.87. The normalized spacial score (nSPS) is 13.5. The first-order valence-electron chi connectivity index (χ1n) is 7.49. The summed E-state index contributed by atoms with van der Waals surface area (Å²) in [6.45, 7) is 0. The van der Waals surface area contributed by atoms with E-state index < -0.39 is 0 Å². The highest BCUT2D eigenvalue weighted by molar-refractivity contribution is 7.80. The van der Waals surface area contributed by atoms with Crippen LogP contribution in [0.4, 0.5) is 0 Å². The van der Waals surface area contributed by atoms with E-state index in [2.05, 4.69) is 73.8 Å². The van der Waals surface area contributed by atoms with Crippen molar-refractivity contribution in [3.8, 4) is 22.3 Å². The maximum absolute atomic E-state index is 4.47. The van der Waals surface area contributed by atoms with Crippen molar-refractivity contribution < 1.29 is 0 Å². The van der Waals surface area contributed by atoms with Crippen LogP contribution in [0.3, 0.4) is 0 Å². The summed E-state index contributed by atoms with van der Waals surface area (Å²) in [5.74, 6) is 0. The Morgan fingerprint density at radius 2 is 0.909 bits per heavy atom. The van der Waals surface area contributed by atoms with Crippen LogP contribution in [-0.4, -0.2) is 0 Å². The SMILES string of the molecule is Sc1ccc2c(c1)Cc1cc3c(cc1-2)Cc1cc(S)ccc1-3. The molecule has 0 aromatic heterocycles. The topological polar surface area (TPSA) is 0 Å². The summed E-state index contributed by atoms with van der Waals surface area (Å²) >= 11 is 8.94. The highest BCUT2D eigenvalue weighted by atomic mass is 32.1. The van der Waals surface area contributed by atoms with Gasteiger partial charge >= 0.3 is 0 Å². The molecular formula is C20H14S2. The van der Waals surface area contributed by atoms with Gasteiger partial charge in [0.2, 0.25) is 0 Å². The summed E-state index contributed by atoms with van der Waals surface area (Å²) in [5.41, 5.74) is 11.2. The molecule has 0 fully saturated rings. The molecule has 0 saturated heterocycles. The van der Waals surface area contributed by atoms with Crippen LogP contribution >= 0.6 is 25.3 Å². The van der Waals surface area contributed by atoms with Crippen LogP contribution in [0.5, 0.6) is 0 Å². The van der Waals surface area contributed by atoms with E-state index >= 15 is 0 Å². The minimum atomic E-state index is 1.02. The Hall–Kier alpha value is -1.64. The van der Waals surface area contributed by atoms with E-state index in [-0.39, 0.29) is 0 Å². The van der Waals surface area contributed by atoms with Gasteiger partial charge in [-0.1, -0.05) is 12.1 Å². The first kappa shape index (κ1) is 12.9. The zero-order valence-corrected chi connectivity index (χ0v) is 13.7. The predicted molar refractivity (Wildman–Crippen MR) is 97.4 cm³/mol. The molecule has 106 valence electrons. The second-order valence-electron chi connectivity index (χ2n) is 6.20. The lowest BCUT2D eigenvalue weighted by Gasteiger charge is -2.06. The molecule has 2 heteroatoms. The highest BCUT2D eigenvalue weighted by Gasteiger charge is 2.25. The average Bonchev–Trinajstić information content (AvgIpc) is 3.00. The van der Waals surface area contributed by atoms with Gasteiger partial charge in [0.1, 0.15) is 0 Å². The van der Waals surface area contributed by atoms with Gasteiger partial charge in [-0.05, 0) is 93.7 Å². The Labute approximate surface area is 141 Å². The van der Waals surface area contributed by atoms with Crippen molar-refractivity contribution in [1.82, 2.24) is 0 Å². The summed E-state index contributed by atoms with van der Waals surface area (Å²) in [7, 11) is 0. The summed E-state index contributed by atoms with van der Waals surface area (Å²) < 4.78 is 0. The van der Waals surface area contributed by atoms with Crippen LogP contribution in [-0.2, 0) is 12.8 Å². The summed E-state index contributed by atoms with van der Waals surface area (Å²) in [6.07, 6.45) is 2.04. The zero-order chi connectivity index (χ0) is 14.8. The largest absolute Gasteiger partial charge is 0.143 e. The second kappa shape index (κ2) is 4.43. The maximum Gasteiger partial charge on any atom is 0.00432 e. The monoisotopic (exact) mass is 318 g/mol. The Morgan fingerprint density at radius 3 is 1.36 bits per heavy atom. The lowest BCUT2D eigenvalue weighted by atomic mass is 9.98. The molecule has 0 nitrogen and oxygen atoms in total. The standard InChI is InChI=1S/C20H14S2/c21-15-1-3-17-11(7-15)5-13-10-20-14(9-19(13)17)6-12-8-16(22)2-4-18(12)20/h1-4,7-10,21-22H,5-6H2. The zero-order valence-electron chi connectivity index (χ0n) is 11.9. The van der Waals surface area contributed by atoms with E-state index in [1.165, 1.54) is 44.5 Å². The lowest BCUT2D eigenvalue weighted by Crippen LogP contribution is -1.85. The van der Waals surface area contributed by atoms with E-state index in [9.17, 15) is 0 Å². The molecule has 0 aliphatic heterocycles. The van der Waals surface area contributed by atoms with E-state index in [1.807, 2.05) is 0 Å². The number of benzene rings is 3. The van der Waals surface area contributed by atoms with Crippen molar-refractivity contribution in [1.29, 1.82) is 0 Å². The second-order valence-corrected chi connectivity index (χ2v) is 7.24. The maximum atomic E-state index is 4.47. The van der Waals surface area contributed by atoms with Crippen molar-refractivity contribution in [2.75, 3.05) is 0 Å². The average molecular weight is 318 g/mol. The van der Waals surface area contributed by atoms with Gasteiger partial charge in [0, 0.05) is 9.79 Å². The third kappa shape index (κ3) is 1.74. The van der Waals surface area contributed by atoms with E-state index in [1.54, 1.807) is 0 Å². The van der Waals surface area contributed by atoms with Gasteiger partial charge in [0.25, 0.3) is 0 Å². The van der Waals surface area contributed by atoms with Crippen LogP contribution < -0.4 is 0 Å². The van der Waals surface area contributed by atoms with Gasteiger partial charge in [-0.2, -0.15) is 0 Å². The van der Waals surface area contributed by atoms with Gasteiger partial charge in [-0.3, -0.25) is 0 Å². The molecule has 22 heavy (non-hydrogen) atoms. The molecular weight excluding hydrogens is 304 g/mol. The molecule has 0 radical (unpaired) electrons. The fourth-order valence-corrected chi connectivity index (χ4v) is 4.33. The van der Waals surface area contributed by atoms with Crippen LogP contribution in [0.25, 0.3) is 22.3 Å². The van der Waals surface area contributed by atoms with E-state index in [0.29, 0.717) is 0 Å². The van der Waals surface area contributed by atoms with Crippen LogP contribution in [0.1, 0.15) is 22.3 Å². The Bertz CT molecular complexity index is 875. The van der Waals surface area contributed by atoms with Gasteiger partial charge in [0.15, 0.2) is 0 Å². The van der Waals surface area contributed by atoms with Crippen molar-refractivity contribution in [3.63, 3.8) is 0 Å². The highest BCUT2D eigenvalue weighted by Crippen LogP contribution is 2.45. The number of hydrogen-bond donors (Lipinski definition) is 2. The number of thiol groups is 2. The molecule has 2 aliphatic carbocycles. The molecule has 0 N–H and O–H groups in total. The molecule has 0 unspecified atom stereocenters. The van der Waals surface area contributed by atoms with Crippen molar-refractivity contribution in [2.24, 2.45) is 0 Å². The van der Waals surface area contributed by atoms with Crippen LogP contribution in [0, 0.1) is 0 Å². The van der Waals surface area contributed by atoms with Gasteiger partial charge < -0.3 is 0 Å². The fraction of sp³-hybridized carbons (Fsp3) is 0.100. The molecule has 5 rings (SSSR count). The first-order valence-corrected chi connectivity index (χ1v) is 8.39. The predicted octanol–water partition coefficient (Wildman–Crippen LogP) is 5.41. The number of fused-ring (bicyclic) bond motifs is 6. The molecule has 0 heterocycles. The minimum Gasteiger partial charge on any atom is -0.143 e.